The maximum Gasteiger partial charge on any atom is 0.354 e. The Kier molecular flexibility index (Phi) is 2.19. The highest BCUT2D eigenvalue weighted by atomic mass is 16.4. The van der Waals surface area contributed by atoms with Crippen LogP contribution in [0.3, 0.4) is 0 Å². The molecule has 1 heterocycles. The Bertz CT molecular complexity index is 407. The molecule has 0 aliphatic heterocycles. The standard InChI is InChI=1S/C11H9NO2/c13-11(14)10-6-5-9(7-12-10)4-3-8-1-2-8/h5-8H,1-2H2,(H,13,14). The van der Waals surface area contributed by atoms with Crippen LogP contribution in [0.15, 0.2) is 18.3 Å². The highest BCUT2D eigenvalue weighted by Crippen LogP contribution is 2.27. The minimum Gasteiger partial charge on any atom is -0.477 e. The Balaban J connectivity index is 2.14. The molecule has 1 saturated carbocycles. The molecule has 0 saturated heterocycles. The number of aromatic nitrogens is 1. The molecule has 1 N–H and O–H groups in total. The molecule has 0 radical (unpaired) electrons. The first-order valence-corrected chi connectivity index (χ1v) is 4.46. The number of nitrogens with zero attached hydrogens (tertiary/aromatic N) is 1. The zero-order valence-electron chi connectivity index (χ0n) is 7.53. The van der Waals surface area contributed by atoms with Crippen LogP contribution >= 0.6 is 0 Å². The monoisotopic (exact) mass is 187 g/mol. The summed E-state index contributed by atoms with van der Waals surface area (Å²) in [5.41, 5.74) is 0.837. The SMILES string of the molecule is O=C(O)c1ccc(C#CC2CC2)cn1. The number of carbonyl (C=O) groups is 1. The van der Waals surface area contributed by atoms with Gasteiger partial charge in [-0.2, -0.15) is 0 Å². The van der Waals surface area contributed by atoms with Gasteiger partial charge in [0, 0.05) is 17.7 Å². The van der Waals surface area contributed by atoms with Crippen LogP contribution < -0.4 is 0 Å². The van der Waals surface area contributed by atoms with E-state index in [-0.39, 0.29) is 5.69 Å². The second kappa shape index (κ2) is 3.51. The van der Waals surface area contributed by atoms with Crippen LogP contribution in [0.2, 0.25) is 0 Å². The van der Waals surface area contributed by atoms with Gasteiger partial charge in [-0.25, -0.2) is 9.78 Å². The molecule has 0 atom stereocenters. The van der Waals surface area contributed by atoms with Crippen molar-refractivity contribution in [3.05, 3.63) is 29.6 Å². The van der Waals surface area contributed by atoms with E-state index in [2.05, 4.69) is 16.8 Å². The Morgan fingerprint density at radius 3 is 2.79 bits per heavy atom. The van der Waals surface area contributed by atoms with Crippen LogP contribution in [-0.2, 0) is 0 Å². The maximum atomic E-state index is 10.5. The lowest BCUT2D eigenvalue weighted by Gasteiger charge is -1.92. The maximum absolute atomic E-state index is 10.5. The molecule has 1 aromatic rings. The summed E-state index contributed by atoms with van der Waals surface area (Å²) in [5.74, 6) is 5.59. The molecule has 1 aromatic heterocycles. The number of aromatic carboxylic acids is 1. The van der Waals surface area contributed by atoms with Gasteiger partial charge in [0.15, 0.2) is 0 Å². The Morgan fingerprint density at radius 1 is 1.50 bits per heavy atom. The van der Waals surface area contributed by atoms with Gasteiger partial charge < -0.3 is 5.11 Å². The fourth-order valence-electron chi connectivity index (χ4n) is 1.01. The highest BCUT2D eigenvalue weighted by molar-refractivity contribution is 5.85. The van der Waals surface area contributed by atoms with Crippen molar-refractivity contribution < 1.29 is 9.90 Å². The predicted molar refractivity (Wildman–Crippen MR) is 50.8 cm³/mol. The van der Waals surface area contributed by atoms with E-state index in [1.807, 2.05) is 0 Å². The summed E-state index contributed by atoms with van der Waals surface area (Å²) in [6.45, 7) is 0. The van der Waals surface area contributed by atoms with E-state index < -0.39 is 5.97 Å². The number of carboxylic acid groups (broad SMARTS) is 1. The molecule has 1 aliphatic rings. The first-order valence-electron chi connectivity index (χ1n) is 4.46. The van der Waals surface area contributed by atoms with E-state index in [0.717, 1.165) is 5.56 Å². The molecular weight excluding hydrogens is 178 g/mol. The number of hydrogen-bond acceptors (Lipinski definition) is 2. The van der Waals surface area contributed by atoms with E-state index in [1.54, 1.807) is 6.07 Å². The van der Waals surface area contributed by atoms with E-state index in [4.69, 9.17) is 5.11 Å². The summed E-state index contributed by atoms with van der Waals surface area (Å²) in [4.78, 5) is 14.3. The van der Waals surface area contributed by atoms with Crippen molar-refractivity contribution >= 4 is 5.97 Å². The van der Waals surface area contributed by atoms with E-state index >= 15 is 0 Å². The molecule has 3 heteroatoms. The van der Waals surface area contributed by atoms with E-state index in [1.165, 1.54) is 25.1 Å². The third-order valence-corrected chi connectivity index (χ3v) is 1.98. The zero-order valence-corrected chi connectivity index (χ0v) is 7.53. The van der Waals surface area contributed by atoms with Gasteiger partial charge in [-0.1, -0.05) is 11.8 Å². The summed E-state index contributed by atoms with van der Waals surface area (Å²) in [7, 11) is 0. The van der Waals surface area contributed by atoms with Gasteiger partial charge in [-0.3, -0.25) is 0 Å². The molecule has 0 unspecified atom stereocenters. The van der Waals surface area contributed by atoms with Crippen LogP contribution in [0.1, 0.15) is 28.9 Å². The average Bonchev–Trinajstić information content (AvgIpc) is 2.99. The molecule has 70 valence electrons. The largest absolute Gasteiger partial charge is 0.477 e. The molecule has 0 bridgehead atoms. The summed E-state index contributed by atoms with van der Waals surface area (Å²) in [5, 5.41) is 8.61. The van der Waals surface area contributed by atoms with Gasteiger partial charge in [0.1, 0.15) is 5.69 Å². The van der Waals surface area contributed by atoms with Crippen LogP contribution in [0.4, 0.5) is 0 Å². The first-order chi connectivity index (χ1) is 6.75. The normalized spacial score (nSPS) is 14.3. The Labute approximate surface area is 81.8 Å². The summed E-state index contributed by atoms with van der Waals surface area (Å²) in [6, 6.07) is 3.16. The summed E-state index contributed by atoms with van der Waals surface area (Å²) < 4.78 is 0. The molecule has 1 fully saturated rings. The molecule has 3 nitrogen and oxygen atoms in total. The number of pyridine rings is 1. The predicted octanol–water partition coefficient (Wildman–Crippen LogP) is 1.54. The van der Waals surface area contributed by atoms with Crippen LogP contribution in [-0.4, -0.2) is 16.1 Å². The highest BCUT2D eigenvalue weighted by Gasteiger charge is 2.17. The zero-order chi connectivity index (χ0) is 9.97. The van der Waals surface area contributed by atoms with Gasteiger partial charge in [-0.15, -0.1) is 0 Å². The third-order valence-electron chi connectivity index (χ3n) is 1.98. The lowest BCUT2D eigenvalue weighted by Crippen LogP contribution is -1.99. The molecule has 0 amide bonds. The molecule has 0 spiro atoms. The van der Waals surface area contributed by atoms with Crippen LogP contribution in [0.25, 0.3) is 0 Å². The molecule has 2 rings (SSSR count). The number of carboxylic acids is 1. The number of hydrogen-bond donors (Lipinski definition) is 1. The van der Waals surface area contributed by atoms with Crippen LogP contribution in [0, 0.1) is 17.8 Å². The van der Waals surface area contributed by atoms with Crippen molar-refractivity contribution in [2.24, 2.45) is 5.92 Å². The van der Waals surface area contributed by atoms with E-state index in [9.17, 15) is 4.79 Å². The second-order valence-corrected chi connectivity index (χ2v) is 3.28. The summed E-state index contributed by atoms with van der Waals surface area (Å²) in [6.07, 6.45) is 3.88. The lowest BCUT2D eigenvalue weighted by molar-refractivity contribution is 0.0690. The van der Waals surface area contributed by atoms with Crippen molar-refractivity contribution in [1.29, 1.82) is 0 Å². The van der Waals surface area contributed by atoms with Crippen molar-refractivity contribution in [1.82, 2.24) is 4.98 Å². The minimum atomic E-state index is -1.01. The average molecular weight is 187 g/mol. The molecular formula is C11H9NO2. The molecule has 0 aromatic carbocycles. The van der Waals surface area contributed by atoms with Crippen molar-refractivity contribution in [3.63, 3.8) is 0 Å². The van der Waals surface area contributed by atoms with Gasteiger partial charge in [0.25, 0.3) is 0 Å². The first kappa shape index (κ1) is 8.76. The van der Waals surface area contributed by atoms with Crippen molar-refractivity contribution in [2.45, 2.75) is 12.8 Å². The number of rotatable bonds is 1. The topological polar surface area (TPSA) is 50.2 Å². The molecule has 14 heavy (non-hydrogen) atoms. The van der Waals surface area contributed by atoms with Gasteiger partial charge in [0.05, 0.1) is 0 Å². The lowest BCUT2D eigenvalue weighted by atomic mass is 10.2. The van der Waals surface area contributed by atoms with E-state index in [0.29, 0.717) is 5.92 Å². The molecule has 1 aliphatic carbocycles. The van der Waals surface area contributed by atoms with Gasteiger partial charge in [-0.05, 0) is 25.0 Å². The third kappa shape index (κ3) is 2.11. The fourth-order valence-corrected chi connectivity index (χ4v) is 1.01. The minimum absolute atomic E-state index is 0.0574. The van der Waals surface area contributed by atoms with Crippen molar-refractivity contribution in [2.75, 3.05) is 0 Å². The second-order valence-electron chi connectivity index (χ2n) is 3.28. The Morgan fingerprint density at radius 2 is 2.29 bits per heavy atom. The van der Waals surface area contributed by atoms with Crippen LogP contribution in [0.5, 0.6) is 0 Å². The Hall–Kier alpha value is -1.82. The smallest absolute Gasteiger partial charge is 0.354 e. The van der Waals surface area contributed by atoms with Gasteiger partial charge in [0.2, 0.25) is 0 Å². The summed E-state index contributed by atoms with van der Waals surface area (Å²) >= 11 is 0. The van der Waals surface area contributed by atoms with Crippen molar-refractivity contribution in [3.8, 4) is 11.8 Å². The van der Waals surface area contributed by atoms with Gasteiger partial charge >= 0.3 is 5.97 Å². The fraction of sp³-hybridized carbons (Fsp3) is 0.273. The quantitative estimate of drug-likeness (QED) is 0.678.